The molecule has 2 atom stereocenters. The summed E-state index contributed by atoms with van der Waals surface area (Å²) < 4.78 is 5.00. The average Bonchev–Trinajstić information content (AvgIpc) is 2.43. The van der Waals surface area contributed by atoms with Crippen molar-refractivity contribution < 1.29 is 4.74 Å². The van der Waals surface area contributed by atoms with Crippen LogP contribution in [0.25, 0.3) is 0 Å². The van der Waals surface area contributed by atoms with Gasteiger partial charge in [-0.15, -0.1) is 0 Å². The summed E-state index contributed by atoms with van der Waals surface area (Å²) in [5, 5.41) is 4.57. The monoisotopic (exact) mass is 296 g/mol. The third-order valence-corrected chi connectivity index (χ3v) is 4.43. The van der Waals surface area contributed by atoms with Crippen LogP contribution in [0.2, 0.25) is 0 Å². The van der Waals surface area contributed by atoms with Gasteiger partial charge >= 0.3 is 0 Å². The van der Waals surface area contributed by atoms with E-state index < -0.39 is 0 Å². The van der Waals surface area contributed by atoms with Crippen LogP contribution in [0.15, 0.2) is 12.4 Å². The molecule has 0 spiro atoms. The molecule has 1 aliphatic rings. The fourth-order valence-electron chi connectivity index (χ4n) is 2.35. The van der Waals surface area contributed by atoms with Crippen molar-refractivity contribution in [3.8, 4) is 0 Å². The Morgan fingerprint density at radius 2 is 1.95 bits per heavy atom. The molecule has 0 bridgehead atoms. The molecule has 0 radical (unpaired) electrons. The molecule has 0 amide bonds. The molecule has 0 aliphatic carbocycles. The molecule has 2 unspecified atom stereocenters. The number of rotatable bonds is 6. The van der Waals surface area contributed by atoms with Crippen molar-refractivity contribution in [1.82, 2.24) is 15.3 Å². The Balaban J connectivity index is 1.87. The van der Waals surface area contributed by atoms with Crippen molar-refractivity contribution in [2.45, 2.75) is 30.9 Å². The van der Waals surface area contributed by atoms with Gasteiger partial charge in [-0.25, -0.2) is 9.97 Å². The van der Waals surface area contributed by atoms with Gasteiger partial charge in [-0.2, -0.15) is 11.8 Å². The smallest absolute Gasteiger partial charge is 0.225 e. The van der Waals surface area contributed by atoms with Gasteiger partial charge in [0.1, 0.15) is 0 Å². The first-order valence-electron chi connectivity index (χ1n) is 7.10. The predicted octanol–water partition coefficient (Wildman–Crippen LogP) is 1.54. The molecule has 2 rings (SSSR count). The van der Waals surface area contributed by atoms with Crippen LogP contribution < -0.4 is 10.2 Å². The molecule has 1 aromatic rings. The van der Waals surface area contributed by atoms with Crippen LogP contribution in [0.5, 0.6) is 0 Å². The summed E-state index contributed by atoms with van der Waals surface area (Å²) in [6.45, 7) is 8.94. The van der Waals surface area contributed by atoms with E-state index in [0.717, 1.165) is 44.3 Å². The van der Waals surface area contributed by atoms with Crippen molar-refractivity contribution >= 4 is 17.7 Å². The zero-order valence-electron chi connectivity index (χ0n) is 12.5. The fraction of sp³-hybridized carbons (Fsp3) is 0.714. The van der Waals surface area contributed by atoms with Gasteiger partial charge in [0.25, 0.3) is 0 Å². The van der Waals surface area contributed by atoms with Gasteiger partial charge < -0.3 is 15.0 Å². The van der Waals surface area contributed by atoms with Gasteiger partial charge in [0.15, 0.2) is 0 Å². The second kappa shape index (κ2) is 7.81. The minimum Gasteiger partial charge on any atom is -0.383 e. The van der Waals surface area contributed by atoms with Crippen molar-refractivity contribution in [2.24, 2.45) is 0 Å². The van der Waals surface area contributed by atoms with E-state index in [2.05, 4.69) is 34.0 Å². The maximum absolute atomic E-state index is 5.00. The lowest BCUT2D eigenvalue weighted by Gasteiger charge is -2.34. The first-order valence-corrected chi connectivity index (χ1v) is 8.04. The first kappa shape index (κ1) is 15.5. The van der Waals surface area contributed by atoms with Gasteiger partial charge in [0, 0.05) is 61.7 Å². The van der Waals surface area contributed by atoms with Crippen LogP contribution in [0.3, 0.4) is 0 Å². The number of thioether (sulfide) groups is 1. The number of hydrogen-bond donors (Lipinski definition) is 1. The molecule has 0 aromatic carbocycles. The standard InChI is InChI=1S/C14H24N4OS/c1-11-9-18(10-12(2)20-11)14-16-7-13(8-17-14)6-15-4-5-19-3/h7-8,11-12,15H,4-6,9-10H2,1-3H3. The first-order chi connectivity index (χ1) is 9.69. The van der Waals surface area contributed by atoms with Crippen molar-refractivity contribution in [3.05, 3.63) is 18.0 Å². The summed E-state index contributed by atoms with van der Waals surface area (Å²) >= 11 is 2.04. The summed E-state index contributed by atoms with van der Waals surface area (Å²) in [6, 6.07) is 0. The predicted molar refractivity (Wildman–Crippen MR) is 84.3 cm³/mol. The summed E-state index contributed by atoms with van der Waals surface area (Å²) in [7, 11) is 1.71. The Bertz CT molecular complexity index is 391. The van der Waals surface area contributed by atoms with E-state index in [0.29, 0.717) is 10.5 Å². The SMILES string of the molecule is COCCNCc1cnc(N2CC(C)SC(C)C2)nc1. The second-order valence-corrected chi connectivity index (χ2v) is 7.10. The van der Waals surface area contributed by atoms with E-state index in [9.17, 15) is 0 Å². The molecule has 20 heavy (non-hydrogen) atoms. The largest absolute Gasteiger partial charge is 0.383 e. The molecule has 1 aliphatic heterocycles. The van der Waals surface area contributed by atoms with Crippen LogP contribution in [0.1, 0.15) is 19.4 Å². The van der Waals surface area contributed by atoms with E-state index in [1.54, 1.807) is 7.11 Å². The number of methoxy groups -OCH3 is 1. The number of hydrogen-bond acceptors (Lipinski definition) is 6. The Morgan fingerprint density at radius 1 is 1.30 bits per heavy atom. The Labute approximate surface area is 125 Å². The molecular formula is C14H24N4OS. The molecule has 2 heterocycles. The van der Waals surface area contributed by atoms with Crippen LogP contribution in [0, 0.1) is 0 Å². The fourth-order valence-corrected chi connectivity index (χ4v) is 3.68. The van der Waals surface area contributed by atoms with Crippen LogP contribution >= 0.6 is 11.8 Å². The Hall–Kier alpha value is -0.850. The number of ether oxygens (including phenoxy) is 1. The van der Waals surface area contributed by atoms with Crippen LogP contribution in [-0.4, -0.2) is 53.8 Å². The molecule has 0 saturated carbocycles. The maximum Gasteiger partial charge on any atom is 0.225 e. The normalized spacial score (nSPS) is 23.1. The van der Waals surface area contributed by atoms with Gasteiger partial charge in [-0.3, -0.25) is 0 Å². The van der Waals surface area contributed by atoms with Gasteiger partial charge in [-0.05, 0) is 0 Å². The zero-order chi connectivity index (χ0) is 14.4. The highest BCUT2D eigenvalue weighted by atomic mass is 32.2. The number of anilines is 1. The molecule has 1 N–H and O–H groups in total. The van der Waals surface area contributed by atoms with E-state index in [1.807, 2.05) is 24.2 Å². The summed E-state index contributed by atoms with van der Waals surface area (Å²) in [4.78, 5) is 11.3. The molecule has 6 heteroatoms. The molecular weight excluding hydrogens is 272 g/mol. The lowest BCUT2D eigenvalue weighted by atomic mass is 10.3. The lowest BCUT2D eigenvalue weighted by Crippen LogP contribution is -2.41. The van der Waals surface area contributed by atoms with Gasteiger partial charge in [0.05, 0.1) is 6.61 Å². The van der Waals surface area contributed by atoms with Crippen molar-refractivity contribution in [2.75, 3.05) is 38.3 Å². The average molecular weight is 296 g/mol. The minimum atomic E-state index is 0.637. The number of aromatic nitrogens is 2. The summed E-state index contributed by atoms with van der Waals surface area (Å²) in [5.74, 6) is 0.852. The van der Waals surface area contributed by atoms with E-state index >= 15 is 0 Å². The third-order valence-electron chi connectivity index (χ3n) is 3.21. The molecule has 1 aromatic heterocycles. The van der Waals surface area contributed by atoms with E-state index in [-0.39, 0.29) is 0 Å². The van der Waals surface area contributed by atoms with E-state index in [4.69, 9.17) is 4.74 Å². The molecule has 1 saturated heterocycles. The maximum atomic E-state index is 5.00. The summed E-state index contributed by atoms with van der Waals surface area (Å²) in [6.07, 6.45) is 3.83. The highest BCUT2D eigenvalue weighted by molar-refractivity contribution is 8.00. The zero-order valence-corrected chi connectivity index (χ0v) is 13.3. The van der Waals surface area contributed by atoms with Crippen LogP contribution in [0.4, 0.5) is 5.95 Å². The van der Waals surface area contributed by atoms with Crippen molar-refractivity contribution in [3.63, 3.8) is 0 Å². The highest BCUT2D eigenvalue weighted by Crippen LogP contribution is 2.26. The minimum absolute atomic E-state index is 0.637. The third kappa shape index (κ3) is 4.61. The molecule has 112 valence electrons. The second-order valence-electron chi connectivity index (χ2n) is 5.22. The quantitative estimate of drug-likeness (QED) is 0.804. The molecule has 1 fully saturated rings. The number of nitrogens with zero attached hydrogens (tertiary/aromatic N) is 3. The number of nitrogens with one attached hydrogen (secondary N) is 1. The van der Waals surface area contributed by atoms with E-state index in [1.165, 1.54) is 0 Å². The Morgan fingerprint density at radius 3 is 2.55 bits per heavy atom. The van der Waals surface area contributed by atoms with Gasteiger partial charge in [0.2, 0.25) is 5.95 Å². The van der Waals surface area contributed by atoms with Crippen molar-refractivity contribution in [1.29, 1.82) is 0 Å². The molecule has 5 nitrogen and oxygen atoms in total. The van der Waals surface area contributed by atoms with Crippen LogP contribution in [-0.2, 0) is 11.3 Å². The highest BCUT2D eigenvalue weighted by Gasteiger charge is 2.23. The lowest BCUT2D eigenvalue weighted by molar-refractivity contribution is 0.199. The Kier molecular flexibility index (Phi) is 6.06. The van der Waals surface area contributed by atoms with Gasteiger partial charge in [-0.1, -0.05) is 13.8 Å². The summed E-state index contributed by atoms with van der Waals surface area (Å²) in [5.41, 5.74) is 1.11. The topological polar surface area (TPSA) is 50.3 Å².